The topological polar surface area (TPSA) is 112 Å². The van der Waals surface area contributed by atoms with E-state index in [1.807, 2.05) is 0 Å². The fraction of sp³-hybridized carbons (Fsp3) is 0. The molecule has 0 bridgehead atoms. The number of carbonyl (C=O) groups is 3. The Morgan fingerprint density at radius 3 is 2.00 bits per heavy atom. The summed E-state index contributed by atoms with van der Waals surface area (Å²) in [5.41, 5.74) is -0.426. The Labute approximate surface area is 95.4 Å². The Bertz CT molecular complexity index is 515. The molecule has 0 amide bonds. The summed E-state index contributed by atoms with van der Waals surface area (Å²) in [5.74, 6) is -3.91. The van der Waals surface area contributed by atoms with Crippen molar-refractivity contribution in [2.24, 2.45) is 0 Å². The standard InChI is InChI=1S/C11H8O6/c12-9(13)4-2-6-1-3-7(10(14)15)8(5-6)11(16)17/h1-5H,(H,12,13)(H,14,15)(H,16,17). The highest BCUT2D eigenvalue weighted by atomic mass is 16.4. The third-order valence-corrected chi connectivity index (χ3v) is 1.92. The van der Waals surface area contributed by atoms with Gasteiger partial charge in [0.1, 0.15) is 0 Å². The van der Waals surface area contributed by atoms with Gasteiger partial charge in [-0.05, 0) is 23.8 Å². The van der Waals surface area contributed by atoms with E-state index in [1.54, 1.807) is 0 Å². The van der Waals surface area contributed by atoms with Crippen LogP contribution in [-0.2, 0) is 4.79 Å². The van der Waals surface area contributed by atoms with Crippen LogP contribution in [0.25, 0.3) is 6.08 Å². The second-order valence-corrected chi connectivity index (χ2v) is 3.09. The van der Waals surface area contributed by atoms with Gasteiger partial charge in [0.05, 0.1) is 11.1 Å². The molecule has 0 saturated heterocycles. The Balaban J connectivity index is 3.23. The van der Waals surface area contributed by atoms with Crippen molar-refractivity contribution in [3.05, 3.63) is 41.0 Å². The zero-order valence-corrected chi connectivity index (χ0v) is 8.45. The minimum atomic E-state index is -1.38. The van der Waals surface area contributed by atoms with E-state index in [-0.39, 0.29) is 11.1 Å². The number of aliphatic carboxylic acids is 1. The second kappa shape index (κ2) is 4.93. The van der Waals surface area contributed by atoms with Crippen LogP contribution >= 0.6 is 0 Å². The number of rotatable bonds is 4. The highest BCUT2D eigenvalue weighted by Gasteiger charge is 2.15. The van der Waals surface area contributed by atoms with Gasteiger partial charge in [-0.25, -0.2) is 14.4 Å². The maximum atomic E-state index is 10.8. The zero-order valence-electron chi connectivity index (χ0n) is 8.45. The molecule has 1 rings (SSSR count). The van der Waals surface area contributed by atoms with Crippen LogP contribution in [0.3, 0.4) is 0 Å². The summed E-state index contributed by atoms with van der Waals surface area (Å²) < 4.78 is 0. The number of aromatic carboxylic acids is 2. The van der Waals surface area contributed by atoms with Crippen LogP contribution in [-0.4, -0.2) is 33.2 Å². The molecule has 1 aromatic rings. The lowest BCUT2D eigenvalue weighted by atomic mass is 10.0. The van der Waals surface area contributed by atoms with E-state index in [1.165, 1.54) is 12.1 Å². The van der Waals surface area contributed by atoms with Gasteiger partial charge >= 0.3 is 17.9 Å². The summed E-state index contributed by atoms with van der Waals surface area (Å²) >= 11 is 0. The third-order valence-electron chi connectivity index (χ3n) is 1.92. The number of benzene rings is 1. The van der Waals surface area contributed by atoms with Crippen LogP contribution in [0.2, 0.25) is 0 Å². The predicted octanol–water partition coefficient (Wildman–Crippen LogP) is 1.18. The lowest BCUT2D eigenvalue weighted by molar-refractivity contribution is -0.131. The maximum absolute atomic E-state index is 10.8. The molecule has 0 saturated carbocycles. The van der Waals surface area contributed by atoms with Gasteiger partial charge in [-0.3, -0.25) is 0 Å². The molecule has 0 heterocycles. The highest BCUT2D eigenvalue weighted by molar-refractivity contribution is 6.02. The quantitative estimate of drug-likeness (QED) is 0.676. The van der Waals surface area contributed by atoms with Crippen molar-refractivity contribution in [1.29, 1.82) is 0 Å². The van der Waals surface area contributed by atoms with Crippen molar-refractivity contribution in [3.8, 4) is 0 Å². The van der Waals surface area contributed by atoms with Gasteiger partial charge in [-0.1, -0.05) is 6.07 Å². The Morgan fingerprint density at radius 1 is 0.941 bits per heavy atom. The lowest BCUT2D eigenvalue weighted by Crippen LogP contribution is -2.08. The molecular weight excluding hydrogens is 228 g/mol. The summed E-state index contributed by atoms with van der Waals surface area (Å²) in [6, 6.07) is 3.55. The smallest absolute Gasteiger partial charge is 0.336 e. The third kappa shape index (κ3) is 3.16. The second-order valence-electron chi connectivity index (χ2n) is 3.09. The van der Waals surface area contributed by atoms with Gasteiger partial charge in [0.2, 0.25) is 0 Å². The van der Waals surface area contributed by atoms with Gasteiger partial charge in [0, 0.05) is 6.08 Å². The molecule has 0 aliphatic carbocycles. The largest absolute Gasteiger partial charge is 0.478 e. The average Bonchev–Trinajstić information content (AvgIpc) is 2.25. The molecule has 0 aliphatic heterocycles. The summed E-state index contributed by atoms with van der Waals surface area (Å²) in [6.07, 6.45) is 2.02. The monoisotopic (exact) mass is 236 g/mol. The number of hydrogen-bond acceptors (Lipinski definition) is 3. The molecule has 17 heavy (non-hydrogen) atoms. The van der Waals surface area contributed by atoms with Crippen LogP contribution in [0.15, 0.2) is 24.3 Å². The van der Waals surface area contributed by atoms with Crippen LogP contribution < -0.4 is 0 Å². The summed E-state index contributed by atoms with van der Waals surface area (Å²) in [4.78, 5) is 31.8. The predicted molar refractivity (Wildman–Crippen MR) is 57.0 cm³/mol. The number of carboxylic acids is 3. The van der Waals surface area contributed by atoms with Crippen LogP contribution in [0, 0.1) is 0 Å². The molecule has 0 aliphatic rings. The van der Waals surface area contributed by atoms with Crippen molar-refractivity contribution in [2.75, 3.05) is 0 Å². The van der Waals surface area contributed by atoms with Crippen LogP contribution in [0.5, 0.6) is 0 Å². The van der Waals surface area contributed by atoms with E-state index in [0.717, 1.165) is 18.2 Å². The first-order valence-corrected chi connectivity index (χ1v) is 4.43. The summed E-state index contributed by atoms with van der Waals surface area (Å²) in [5, 5.41) is 26.0. The SMILES string of the molecule is O=C(O)C=Cc1ccc(C(=O)O)c(C(=O)O)c1. The van der Waals surface area contributed by atoms with Gasteiger partial charge < -0.3 is 15.3 Å². The first-order valence-electron chi connectivity index (χ1n) is 4.43. The molecule has 0 radical (unpaired) electrons. The van der Waals surface area contributed by atoms with Gasteiger partial charge in [-0.2, -0.15) is 0 Å². The van der Waals surface area contributed by atoms with E-state index in [0.29, 0.717) is 5.56 Å². The van der Waals surface area contributed by atoms with Crippen LogP contribution in [0.4, 0.5) is 0 Å². The molecule has 0 unspecified atom stereocenters. The molecule has 0 aromatic heterocycles. The molecule has 3 N–H and O–H groups in total. The minimum absolute atomic E-state index is 0.301. The Hall–Kier alpha value is -2.63. The molecule has 0 spiro atoms. The molecule has 1 aromatic carbocycles. The first-order chi connectivity index (χ1) is 7.91. The van der Waals surface area contributed by atoms with E-state index in [9.17, 15) is 14.4 Å². The average molecular weight is 236 g/mol. The summed E-state index contributed by atoms with van der Waals surface area (Å²) in [7, 11) is 0. The van der Waals surface area contributed by atoms with Gasteiger partial charge in [0.25, 0.3) is 0 Å². The van der Waals surface area contributed by atoms with E-state index in [4.69, 9.17) is 15.3 Å². The number of hydrogen-bond donors (Lipinski definition) is 3. The van der Waals surface area contributed by atoms with E-state index >= 15 is 0 Å². The molecule has 0 atom stereocenters. The van der Waals surface area contributed by atoms with Crippen LogP contribution in [0.1, 0.15) is 26.3 Å². The van der Waals surface area contributed by atoms with Crippen molar-refractivity contribution >= 4 is 24.0 Å². The molecule has 6 nitrogen and oxygen atoms in total. The normalized spacial score (nSPS) is 10.4. The van der Waals surface area contributed by atoms with Crippen molar-refractivity contribution < 1.29 is 29.7 Å². The van der Waals surface area contributed by atoms with E-state index in [2.05, 4.69) is 0 Å². The minimum Gasteiger partial charge on any atom is -0.478 e. The Kier molecular flexibility index (Phi) is 3.61. The molecule has 88 valence electrons. The first kappa shape index (κ1) is 12.4. The van der Waals surface area contributed by atoms with E-state index < -0.39 is 17.9 Å². The van der Waals surface area contributed by atoms with Crippen molar-refractivity contribution in [1.82, 2.24) is 0 Å². The molecular formula is C11H8O6. The lowest BCUT2D eigenvalue weighted by Gasteiger charge is -2.02. The fourth-order valence-corrected chi connectivity index (χ4v) is 1.20. The summed E-state index contributed by atoms with van der Waals surface area (Å²) in [6.45, 7) is 0. The van der Waals surface area contributed by atoms with Crippen molar-refractivity contribution in [3.63, 3.8) is 0 Å². The zero-order chi connectivity index (χ0) is 13.0. The molecule has 6 heteroatoms. The highest BCUT2D eigenvalue weighted by Crippen LogP contribution is 2.13. The number of carboxylic acid groups (broad SMARTS) is 3. The molecule has 0 fully saturated rings. The van der Waals surface area contributed by atoms with Gasteiger partial charge in [0.15, 0.2) is 0 Å². The Morgan fingerprint density at radius 2 is 1.53 bits per heavy atom. The fourth-order valence-electron chi connectivity index (χ4n) is 1.20. The van der Waals surface area contributed by atoms with Crippen molar-refractivity contribution in [2.45, 2.75) is 0 Å². The maximum Gasteiger partial charge on any atom is 0.336 e. The van der Waals surface area contributed by atoms with Gasteiger partial charge in [-0.15, -0.1) is 0 Å².